The molecule has 0 saturated carbocycles. The molecule has 20 heavy (non-hydrogen) atoms. The molecule has 6 heteroatoms. The fourth-order valence-corrected chi connectivity index (χ4v) is 4.49. The fraction of sp³-hybridized carbons (Fsp3) is 0.571. The Morgan fingerprint density at radius 3 is 2.65 bits per heavy atom. The quantitative estimate of drug-likeness (QED) is 0.803. The topological polar surface area (TPSA) is 49.9 Å². The van der Waals surface area contributed by atoms with Crippen LogP contribution in [0.15, 0.2) is 35.2 Å². The maximum atomic E-state index is 12.6. The summed E-state index contributed by atoms with van der Waals surface area (Å²) >= 11 is 0. The van der Waals surface area contributed by atoms with Crippen LogP contribution in [0.5, 0.6) is 0 Å². The van der Waals surface area contributed by atoms with E-state index in [0.29, 0.717) is 24.6 Å². The number of sulfonamides is 1. The third-order valence-corrected chi connectivity index (χ3v) is 5.93. The summed E-state index contributed by atoms with van der Waals surface area (Å²) in [6, 6.07) is 8.63. The Balaban J connectivity index is 1.80. The summed E-state index contributed by atoms with van der Waals surface area (Å²) in [4.78, 5) is 2.58. The van der Waals surface area contributed by atoms with Gasteiger partial charge < -0.3 is 9.64 Å². The average molecular weight is 296 g/mol. The molecule has 1 aromatic rings. The van der Waals surface area contributed by atoms with Crippen LogP contribution in [0.3, 0.4) is 0 Å². The van der Waals surface area contributed by atoms with Crippen LogP contribution in [0.4, 0.5) is 0 Å². The minimum atomic E-state index is -3.39. The molecule has 0 N–H and O–H groups in total. The van der Waals surface area contributed by atoms with Gasteiger partial charge in [0.05, 0.1) is 17.6 Å². The number of hydrogen-bond donors (Lipinski definition) is 0. The van der Waals surface area contributed by atoms with E-state index in [1.165, 1.54) is 0 Å². The third kappa shape index (κ3) is 2.61. The van der Waals surface area contributed by atoms with Gasteiger partial charge in [-0.15, -0.1) is 0 Å². The first-order valence-electron chi connectivity index (χ1n) is 6.93. The van der Waals surface area contributed by atoms with Gasteiger partial charge in [-0.25, -0.2) is 8.42 Å². The average Bonchev–Trinajstić information content (AvgIpc) is 2.76. The zero-order valence-corrected chi connectivity index (χ0v) is 12.4. The minimum Gasteiger partial charge on any atom is -0.375 e. The van der Waals surface area contributed by atoms with Gasteiger partial charge in [-0.3, -0.25) is 0 Å². The lowest BCUT2D eigenvalue weighted by Gasteiger charge is -2.19. The standard InChI is InChI=1S/C14H20N2O3S/c1-15-7-8-19-14-11-16(10-12(14)9-15)20(17,18)13-5-3-2-4-6-13/h2-6,12,14H,7-11H2,1H3/t12-,14+/m0/s1. The van der Waals surface area contributed by atoms with Crippen molar-refractivity contribution in [3.63, 3.8) is 0 Å². The molecule has 2 aliphatic heterocycles. The summed E-state index contributed by atoms with van der Waals surface area (Å²) < 4.78 is 32.6. The second-order valence-corrected chi connectivity index (χ2v) is 7.50. The highest BCUT2D eigenvalue weighted by Gasteiger charge is 2.41. The highest BCUT2D eigenvalue weighted by atomic mass is 32.2. The number of rotatable bonds is 2. The Bertz CT molecular complexity index is 561. The van der Waals surface area contributed by atoms with E-state index in [9.17, 15) is 8.42 Å². The van der Waals surface area contributed by atoms with Crippen LogP contribution in [-0.4, -0.2) is 63.6 Å². The summed E-state index contributed by atoms with van der Waals surface area (Å²) in [7, 11) is -1.34. The van der Waals surface area contributed by atoms with E-state index in [-0.39, 0.29) is 12.0 Å². The fourth-order valence-electron chi connectivity index (χ4n) is 2.96. The number of benzene rings is 1. The first-order chi connectivity index (χ1) is 9.57. The van der Waals surface area contributed by atoms with E-state index < -0.39 is 10.0 Å². The molecule has 3 rings (SSSR count). The lowest BCUT2D eigenvalue weighted by molar-refractivity contribution is 0.0550. The summed E-state index contributed by atoms with van der Waals surface area (Å²) in [5.41, 5.74) is 0. The Hall–Kier alpha value is -0.950. The minimum absolute atomic E-state index is 0.0263. The van der Waals surface area contributed by atoms with Crippen molar-refractivity contribution < 1.29 is 13.2 Å². The van der Waals surface area contributed by atoms with Crippen molar-refractivity contribution in [3.05, 3.63) is 30.3 Å². The molecule has 0 aliphatic carbocycles. The molecule has 2 heterocycles. The van der Waals surface area contributed by atoms with Crippen molar-refractivity contribution in [1.82, 2.24) is 9.21 Å². The molecule has 1 aromatic carbocycles. The zero-order valence-electron chi connectivity index (χ0n) is 11.6. The Labute approximate surface area is 120 Å². The van der Waals surface area contributed by atoms with Crippen molar-refractivity contribution in [2.24, 2.45) is 5.92 Å². The molecule has 0 bridgehead atoms. The molecular weight excluding hydrogens is 276 g/mol. The molecule has 5 nitrogen and oxygen atoms in total. The third-order valence-electron chi connectivity index (χ3n) is 4.08. The molecule has 0 amide bonds. The lowest BCUT2D eigenvalue weighted by Crippen LogP contribution is -2.32. The van der Waals surface area contributed by atoms with E-state index in [2.05, 4.69) is 11.9 Å². The predicted molar refractivity (Wildman–Crippen MR) is 75.9 cm³/mol. The summed E-state index contributed by atoms with van der Waals surface area (Å²) in [6.45, 7) is 3.50. The van der Waals surface area contributed by atoms with Gasteiger partial charge in [0.2, 0.25) is 10.0 Å². The van der Waals surface area contributed by atoms with Gasteiger partial charge in [0, 0.05) is 32.1 Å². The zero-order chi connectivity index (χ0) is 14.2. The van der Waals surface area contributed by atoms with Crippen LogP contribution in [-0.2, 0) is 14.8 Å². The van der Waals surface area contributed by atoms with Crippen molar-refractivity contribution in [2.45, 2.75) is 11.0 Å². The van der Waals surface area contributed by atoms with Crippen molar-refractivity contribution in [1.29, 1.82) is 0 Å². The van der Waals surface area contributed by atoms with Gasteiger partial charge in [0.15, 0.2) is 0 Å². The maximum absolute atomic E-state index is 12.6. The highest BCUT2D eigenvalue weighted by molar-refractivity contribution is 7.89. The number of hydrogen-bond acceptors (Lipinski definition) is 4. The van der Waals surface area contributed by atoms with E-state index in [1.54, 1.807) is 28.6 Å². The van der Waals surface area contributed by atoms with Crippen LogP contribution < -0.4 is 0 Å². The molecule has 2 fully saturated rings. The second kappa shape index (κ2) is 5.44. The van der Waals surface area contributed by atoms with Crippen LogP contribution in [0, 0.1) is 5.92 Å². The van der Waals surface area contributed by atoms with Crippen molar-refractivity contribution >= 4 is 10.0 Å². The lowest BCUT2D eigenvalue weighted by atomic mass is 10.1. The number of nitrogens with zero attached hydrogens (tertiary/aromatic N) is 2. The van der Waals surface area contributed by atoms with E-state index in [1.807, 2.05) is 6.07 Å². The smallest absolute Gasteiger partial charge is 0.243 e. The number of likely N-dealkylation sites (N-methyl/N-ethyl adjacent to an activating group) is 1. The maximum Gasteiger partial charge on any atom is 0.243 e. The van der Waals surface area contributed by atoms with Crippen LogP contribution in [0.1, 0.15) is 0 Å². The van der Waals surface area contributed by atoms with Gasteiger partial charge in [0.25, 0.3) is 0 Å². The van der Waals surface area contributed by atoms with Crippen LogP contribution in [0.25, 0.3) is 0 Å². The normalized spacial score (nSPS) is 29.1. The predicted octanol–water partition coefficient (Wildman–Crippen LogP) is 0.638. The summed E-state index contributed by atoms with van der Waals surface area (Å²) in [5, 5.41) is 0. The Morgan fingerprint density at radius 1 is 1.15 bits per heavy atom. The molecule has 0 radical (unpaired) electrons. The van der Waals surface area contributed by atoms with Crippen molar-refractivity contribution in [3.8, 4) is 0 Å². The molecule has 0 spiro atoms. The van der Waals surface area contributed by atoms with Gasteiger partial charge in [-0.1, -0.05) is 18.2 Å². The van der Waals surface area contributed by atoms with Crippen LogP contribution >= 0.6 is 0 Å². The molecule has 2 saturated heterocycles. The molecular formula is C14H20N2O3S. The Morgan fingerprint density at radius 2 is 1.90 bits per heavy atom. The Kier molecular flexibility index (Phi) is 3.81. The van der Waals surface area contributed by atoms with E-state index in [0.717, 1.165) is 13.1 Å². The summed E-state index contributed by atoms with van der Waals surface area (Å²) in [5.74, 6) is 0.265. The second-order valence-electron chi connectivity index (χ2n) is 5.57. The van der Waals surface area contributed by atoms with E-state index >= 15 is 0 Å². The van der Waals surface area contributed by atoms with Gasteiger partial charge in [0.1, 0.15) is 0 Å². The largest absolute Gasteiger partial charge is 0.375 e. The van der Waals surface area contributed by atoms with Gasteiger partial charge in [-0.2, -0.15) is 4.31 Å². The molecule has 0 aromatic heterocycles. The number of fused-ring (bicyclic) bond motifs is 1. The monoisotopic (exact) mass is 296 g/mol. The van der Waals surface area contributed by atoms with Gasteiger partial charge in [-0.05, 0) is 19.2 Å². The van der Waals surface area contributed by atoms with Gasteiger partial charge >= 0.3 is 0 Å². The van der Waals surface area contributed by atoms with Crippen molar-refractivity contribution in [2.75, 3.05) is 39.8 Å². The van der Waals surface area contributed by atoms with E-state index in [4.69, 9.17) is 4.74 Å². The number of ether oxygens (including phenoxy) is 1. The molecule has 2 aliphatic rings. The summed E-state index contributed by atoms with van der Waals surface area (Å²) in [6.07, 6.45) is 0.0263. The first-order valence-corrected chi connectivity index (χ1v) is 8.37. The SMILES string of the molecule is CN1CCO[C@@H]2CN(S(=O)(=O)c3ccccc3)C[C@@H]2C1. The molecule has 0 unspecified atom stereocenters. The van der Waals surface area contributed by atoms with Crippen LogP contribution in [0.2, 0.25) is 0 Å². The molecule has 2 atom stereocenters. The highest BCUT2D eigenvalue weighted by Crippen LogP contribution is 2.28. The molecule has 110 valence electrons. The first kappa shape index (κ1) is 14.0.